The molecule has 66 heavy (non-hydrogen) atoms. The Morgan fingerprint density at radius 2 is 1.86 bits per heavy atom. The molecule has 4 fully saturated rings. The molecule has 1 saturated carbocycles. The summed E-state index contributed by atoms with van der Waals surface area (Å²) in [7, 11) is 1.53. The molecule has 0 spiro atoms. The number of benzene rings is 3. The van der Waals surface area contributed by atoms with Crippen molar-refractivity contribution in [3.8, 4) is 47.2 Å². The van der Waals surface area contributed by atoms with E-state index in [1.807, 2.05) is 12.1 Å². The second kappa shape index (κ2) is 17.6. The third-order valence-corrected chi connectivity index (χ3v) is 14.1. The van der Waals surface area contributed by atoms with E-state index in [1.54, 1.807) is 12.3 Å². The molecule has 1 aliphatic carbocycles. The Labute approximate surface area is 381 Å². The van der Waals surface area contributed by atoms with E-state index in [2.05, 4.69) is 48.2 Å². The number of carbonyl (C=O) groups excluding carboxylic acids is 3. The van der Waals surface area contributed by atoms with Gasteiger partial charge in [-0.25, -0.2) is 8.78 Å². The molecule has 2 aromatic heterocycles. The number of phenols is 1. The summed E-state index contributed by atoms with van der Waals surface area (Å²) in [6.45, 7) is 4.65. The number of phenolic OH excluding ortho intramolecular Hbond substituents is 1. The minimum Gasteiger partial charge on any atom is -0.508 e. The maximum Gasteiger partial charge on any atom is 0.319 e. The number of halogens is 2. The average molecular weight is 893 g/mol. The fourth-order valence-electron chi connectivity index (χ4n) is 10.4. The van der Waals surface area contributed by atoms with Crippen LogP contribution < -0.4 is 20.3 Å². The molecular weight excluding hydrogens is 843 g/mol. The lowest BCUT2D eigenvalue weighted by molar-refractivity contribution is -0.125. The first-order chi connectivity index (χ1) is 32.0. The highest BCUT2D eigenvalue weighted by Gasteiger charge is 2.46. The number of carbonyl (C=O) groups is 3. The number of hydrogen-bond donors (Lipinski definition) is 3. The molecule has 3 aromatic carbocycles. The number of piperidine rings is 1. The van der Waals surface area contributed by atoms with Gasteiger partial charge in [-0.15, -0.1) is 6.42 Å². The Morgan fingerprint density at radius 3 is 2.59 bits per heavy atom. The number of aromatic hydroxyl groups is 1. The zero-order chi connectivity index (χ0) is 45.7. The summed E-state index contributed by atoms with van der Waals surface area (Å²) in [5.74, 6) is 7.94. The van der Waals surface area contributed by atoms with Gasteiger partial charge in [0.15, 0.2) is 5.82 Å². The van der Waals surface area contributed by atoms with Crippen molar-refractivity contribution < 1.29 is 33.0 Å². The topological polar surface area (TPSA) is 153 Å². The van der Waals surface area contributed by atoms with Crippen molar-refractivity contribution in [2.75, 3.05) is 51.3 Å². The molecular formula is C51H50F2N8O5. The van der Waals surface area contributed by atoms with Crippen LogP contribution in [-0.2, 0) is 16.1 Å². The average Bonchev–Trinajstić information content (AvgIpc) is 3.90. The summed E-state index contributed by atoms with van der Waals surface area (Å²) < 4.78 is 38.5. The van der Waals surface area contributed by atoms with E-state index in [9.17, 15) is 19.5 Å². The predicted octanol–water partition coefficient (Wildman–Crippen LogP) is 5.72. The van der Waals surface area contributed by atoms with Crippen molar-refractivity contribution in [1.29, 1.82) is 0 Å². The summed E-state index contributed by atoms with van der Waals surface area (Å²) >= 11 is 0. The minimum atomic E-state index is -0.748. The van der Waals surface area contributed by atoms with Gasteiger partial charge in [0, 0.05) is 91.3 Å². The van der Waals surface area contributed by atoms with Crippen LogP contribution in [0.2, 0.25) is 0 Å². The Hall–Kier alpha value is -6.68. The van der Waals surface area contributed by atoms with Crippen LogP contribution in [0.3, 0.4) is 0 Å². The van der Waals surface area contributed by atoms with Crippen LogP contribution in [0.1, 0.15) is 78.4 Å². The third-order valence-electron chi connectivity index (χ3n) is 14.1. The first-order valence-electron chi connectivity index (χ1n) is 22.8. The van der Waals surface area contributed by atoms with Gasteiger partial charge in [0.1, 0.15) is 40.9 Å². The fraction of sp³-hybridized carbons (Fsp3) is 0.412. The number of amides is 2. The number of fused-ring (bicyclic) bond motifs is 5. The van der Waals surface area contributed by atoms with Gasteiger partial charge in [0.2, 0.25) is 5.91 Å². The number of piperazine rings is 1. The van der Waals surface area contributed by atoms with Crippen LogP contribution in [0.25, 0.3) is 32.9 Å². The molecule has 15 heteroatoms. The van der Waals surface area contributed by atoms with Crippen LogP contribution in [-0.4, -0.2) is 112 Å². The molecule has 5 aliphatic rings. The number of ether oxygens (including phenoxy) is 1. The number of terminal acetylenes is 1. The first kappa shape index (κ1) is 43.2. The molecule has 338 valence electrons. The summed E-state index contributed by atoms with van der Waals surface area (Å²) in [6, 6.07) is 11.0. The van der Waals surface area contributed by atoms with Crippen LogP contribution in [0.5, 0.6) is 11.8 Å². The fourth-order valence-corrected chi connectivity index (χ4v) is 10.4. The second-order valence-corrected chi connectivity index (χ2v) is 18.5. The van der Waals surface area contributed by atoms with Crippen molar-refractivity contribution in [1.82, 2.24) is 35.4 Å². The summed E-state index contributed by atoms with van der Waals surface area (Å²) in [4.78, 5) is 57.2. The molecule has 0 radical (unpaired) electrons. The highest BCUT2D eigenvalue weighted by atomic mass is 19.1. The van der Waals surface area contributed by atoms with Crippen LogP contribution in [0.4, 0.5) is 14.6 Å². The molecule has 13 nitrogen and oxygen atoms in total. The molecule has 4 aliphatic heterocycles. The number of anilines is 1. The molecule has 3 atom stereocenters. The number of likely N-dealkylation sites (N-methyl/N-ethyl adjacent to an activating group) is 1. The molecule has 3 saturated heterocycles. The summed E-state index contributed by atoms with van der Waals surface area (Å²) in [5, 5.41) is 18.1. The van der Waals surface area contributed by atoms with Crippen molar-refractivity contribution in [2.45, 2.75) is 76.0 Å². The van der Waals surface area contributed by atoms with Gasteiger partial charge < -0.3 is 40.0 Å². The number of nitrogens with zero attached hydrogens (tertiary/aromatic N) is 6. The van der Waals surface area contributed by atoms with Gasteiger partial charge in [-0.1, -0.05) is 23.8 Å². The molecule has 2 bridgehead atoms. The SMILES string of the molecule is C#Cc1c(F)ccc2cc(O)cc(-c3ncc4c(N5CC6CCC(C5)N6)nc(OCC5(CN6CCC(C#Cc7ccc8c(c7)CN(C(CCC=O)C(=O)NC)C8=O)CC6)CC5)nc4c3F)c12. The Bertz CT molecular complexity index is 2890. The normalized spacial score (nSPS) is 20.4. The van der Waals surface area contributed by atoms with Crippen LogP contribution in [0, 0.1) is 47.2 Å². The van der Waals surface area contributed by atoms with Crippen LogP contribution in [0.15, 0.2) is 48.7 Å². The summed E-state index contributed by atoms with van der Waals surface area (Å²) in [6.07, 6.45) is 14.4. The van der Waals surface area contributed by atoms with Crippen molar-refractivity contribution >= 4 is 45.6 Å². The molecule has 3 N–H and O–H groups in total. The molecule has 5 aromatic rings. The lowest BCUT2D eigenvalue weighted by Crippen LogP contribution is -2.51. The van der Waals surface area contributed by atoms with Gasteiger partial charge >= 0.3 is 6.01 Å². The Morgan fingerprint density at radius 1 is 1.08 bits per heavy atom. The maximum atomic E-state index is 17.1. The zero-order valence-corrected chi connectivity index (χ0v) is 36.7. The minimum absolute atomic E-state index is 0.0187. The molecule has 3 unspecified atom stereocenters. The van der Waals surface area contributed by atoms with Crippen LogP contribution >= 0.6 is 0 Å². The molecule has 10 rings (SSSR count). The van der Waals surface area contributed by atoms with Gasteiger partial charge in [-0.3, -0.25) is 14.6 Å². The van der Waals surface area contributed by atoms with E-state index in [0.29, 0.717) is 48.4 Å². The zero-order valence-electron chi connectivity index (χ0n) is 36.7. The van der Waals surface area contributed by atoms with E-state index >= 15 is 8.78 Å². The number of nitrogens with one attached hydrogen (secondary N) is 2. The number of aldehydes is 1. The second-order valence-electron chi connectivity index (χ2n) is 18.5. The predicted molar refractivity (Wildman–Crippen MR) is 245 cm³/mol. The lowest BCUT2D eigenvalue weighted by Gasteiger charge is -2.34. The number of rotatable bonds is 12. The largest absolute Gasteiger partial charge is 0.508 e. The number of aromatic nitrogens is 3. The van der Waals surface area contributed by atoms with E-state index in [4.69, 9.17) is 16.1 Å². The monoisotopic (exact) mass is 892 g/mol. The number of hydrogen-bond acceptors (Lipinski definition) is 11. The van der Waals surface area contributed by atoms with E-state index in [-0.39, 0.29) is 87.6 Å². The smallest absolute Gasteiger partial charge is 0.319 e. The highest BCUT2D eigenvalue weighted by Crippen LogP contribution is 2.47. The molecule has 2 amide bonds. The quantitative estimate of drug-likeness (QED) is 0.104. The van der Waals surface area contributed by atoms with Crippen molar-refractivity contribution in [2.24, 2.45) is 11.3 Å². The molecule has 6 heterocycles. The standard InChI is InChI=1S/C51H50F2N8O5/c1-3-37-41(52)13-9-32-22-36(63)23-39(43(32)37)45-44(53)46-40(24-55-45)47(60-26-34-10-11-35(27-60)56-34)58-50(57-46)66-29-51(16-17-51)28-59-18-14-30(15-19-59)6-7-31-8-12-38-33(21-31)25-61(49(38)65)42(5-4-20-62)48(64)54-2/h1,8-9,12-13,20-24,30,34-35,42,56,63H,4-5,10-11,14-19,25-29H2,2H3,(H,54,64). The van der Waals surface area contributed by atoms with Gasteiger partial charge in [0.05, 0.1) is 17.6 Å². The number of pyridine rings is 1. The van der Waals surface area contributed by atoms with Gasteiger partial charge in [-0.05, 0) is 105 Å². The van der Waals surface area contributed by atoms with Crippen molar-refractivity contribution in [3.63, 3.8) is 0 Å². The van der Waals surface area contributed by atoms with E-state index < -0.39 is 17.7 Å². The van der Waals surface area contributed by atoms with Gasteiger partial charge in [0.25, 0.3) is 5.91 Å². The maximum absolute atomic E-state index is 17.1. The first-order valence-corrected chi connectivity index (χ1v) is 22.8. The van der Waals surface area contributed by atoms with E-state index in [0.717, 1.165) is 75.6 Å². The van der Waals surface area contributed by atoms with Crippen molar-refractivity contribution in [3.05, 3.63) is 82.5 Å². The number of likely N-dealkylation sites (tertiary alicyclic amines) is 1. The lowest BCUT2D eigenvalue weighted by atomic mass is 9.95. The summed E-state index contributed by atoms with van der Waals surface area (Å²) in [5.41, 5.74) is 2.11. The van der Waals surface area contributed by atoms with E-state index in [1.165, 1.54) is 36.2 Å². The Balaban J connectivity index is 0.836. The highest BCUT2D eigenvalue weighted by molar-refractivity contribution is 6.03. The third kappa shape index (κ3) is 8.26. The van der Waals surface area contributed by atoms with Gasteiger partial charge in [-0.2, -0.15) is 9.97 Å². The Kier molecular flexibility index (Phi) is 11.5.